The van der Waals surface area contributed by atoms with E-state index >= 15 is 0 Å². The molecule has 0 aliphatic carbocycles. The molecule has 0 spiro atoms. The van der Waals surface area contributed by atoms with Crippen LogP contribution in [0.1, 0.15) is 42.8 Å². The Hall–Kier alpha value is -2.90. The summed E-state index contributed by atoms with van der Waals surface area (Å²) in [6.07, 6.45) is 4.44. The standard InChI is InChI=1S/C20H26N4O4/c1-5-8-24-11-21-18-16(20(24)27)15(13(4)28-18)19(26)23-9-6-7-14(10-23)17(25)22-12(2)3/h5,11-12,14H,1,6-10H2,2-4H3,(H,22,25). The minimum atomic E-state index is -0.337. The molecule has 8 heteroatoms. The molecule has 2 aromatic heterocycles. The zero-order valence-corrected chi connectivity index (χ0v) is 16.5. The minimum Gasteiger partial charge on any atom is -0.442 e. The van der Waals surface area contributed by atoms with Gasteiger partial charge in [-0.1, -0.05) is 6.08 Å². The number of nitrogens with one attached hydrogen (secondary N) is 1. The van der Waals surface area contributed by atoms with Crippen LogP contribution in [-0.2, 0) is 11.3 Å². The Morgan fingerprint density at radius 2 is 2.21 bits per heavy atom. The lowest BCUT2D eigenvalue weighted by molar-refractivity contribution is -0.126. The van der Waals surface area contributed by atoms with Crippen LogP contribution in [-0.4, -0.2) is 45.4 Å². The van der Waals surface area contributed by atoms with Crippen LogP contribution in [0.15, 0.2) is 28.2 Å². The lowest BCUT2D eigenvalue weighted by atomic mass is 9.96. The number of furan rings is 1. The van der Waals surface area contributed by atoms with E-state index < -0.39 is 0 Å². The summed E-state index contributed by atoms with van der Waals surface area (Å²) in [4.78, 5) is 44.2. The minimum absolute atomic E-state index is 0.0451. The predicted molar refractivity (Wildman–Crippen MR) is 105 cm³/mol. The molecule has 1 atom stereocenters. The van der Waals surface area contributed by atoms with Crippen LogP contribution < -0.4 is 10.9 Å². The average Bonchev–Trinajstić information content (AvgIpc) is 3.00. The lowest BCUT2D eigenvalue weighted by Crippen LogP contribution is -2.46. The summed E-state index contributed by atoms with van der Waals surface area (Å²) in [5, 5.41) is 3.09. The fourth-order valence-electron chi connectivity index (χ4n) is 3.60. The Labute approximate surface area is 163 Å². The van der Waals surface area contributed by atoms with Gasteiger partial charge in [0.25, 0.3) is 11.5 Å². The third-order valence-corrected chi connectivity index (χ3v) is 4.90. The van der Waals surface area contributed by atoms with Gasteiger partial charge in [-0.15, -0.1) is 6.58 Å². The van der Waals surface area contributed by atoms with Crippen molar-refractivity contribution < 1.29 is 14.0 Å². The molecular weight excluding hydrogens is 360 g/mol. The summed E-state index contributed by atoms with van der Waals surface area (Å²) in [5.74, 6) is -0.242. The van der Waals surface area contributed by atoms with E-state index in [0.29, 0.717) is 25.4 Å². The van der Waals surface area contributed by atoms with E-state index in [1.165, 1.54) is 10.9 Å². The number of aromatic nitrogens is 2. The van der Waals surface area contributed by atoms with Gasteiger partial charge in [0, 0.05) is 25.7 Å². The Balaban J connectivity index is 1.93. The molecule has 0 aromatic carbocycles. The fourth-order valence-corrected chi connectivity index (χ4v) is 3.60. The maximum Gasteiger partial charge on any atom is 0.265 e. The van der Waals surface area contributed by atoms with Crippen LogP contribution in [0.3, 0.4) is 0 Å². The number of hydrogen-bond acceptors (Lipinski definition) is 5. The third-order valence-electron chi connectivity index (χ3n) is 4.90. The molecule has 1 unspecified atom stereocenters. The van der Waals surface area contributed by atoms with Crippen molar-refractivity contribution in [2.45, 2.75) is 46.2 Å². The van der Waals surface area contributed by atoms with Crippen LogP contribution in [0.2, 0.25) is 0 Å². The van der Waals surface area contributed by atoms with Gasteiger partial charge in [-0.3, -0.25) is 19.0 Å². The Morgan fingerprint density at radius 1 is 1.46 bits per heavy atom. The van der Waals surface area contributed by atoms with Crippen molar-refractivity contribution in [3.05, 3.63) is 40.7 Å². The second-order valence-electron chi connectivity index (χ2n) is 7.46. The van der Waals surface area contributed by atoms with Crippen LogP contribution in [0.5, 0.6) is 0 Å². The molecule has 2 aromatic rings. The molecule has 28 heavy (non-hydrogen) atoms. The topological polar surface area (TPSA) is 97.4 Å². The van der Waals surface area contributed by atoms with E-state index in [9.17, 15) is 14.4 Å². The quantitative estimate of drug-likeness (QED) is 0.791. The monoisotopic (exact) mass is 386 g/mol. The molecule has 1 aliphatic rings. The van der Waals surface area contributed by atoms with Gasteiger partial charge in [0.1, 0.15) is 17.5 Å². The van der Waals surface area contributed by atoms with Crippen molar-refractivity contribution >= 4 is 22.9 Å². The fraction of sp³-hybridized carbons (Fsp3) is 0.500. The Bertz CT molecular complexity index is 972. The van der Waals surface area contributed by atoms with Crippen molar-refractivity contribution in [3.8, 4) is 0 Å². The summed E-state index contributed by atoms with van der Waals surface area (Å²) >= 11 is 0. The van der Waals surface area contributed by atoms with Crippen molar-refractivity contribution in [2.75, 3.05) is 13.1 Å². The first kappa shape index (κ1) is 19.9. The van der Waals surface area contributed by atoms with Gasteiger partial charge >= 0.3 is 0 Å². The molecule has 1 saturated heterocycles. The van der Waals surface area contributed by atoms with Gasteiger partial charge in [0.05, 0.1) is 11.5 Å². The summed E-state index contributed by atoms with van der Waals surface area (Å²) in [5.41, 5.74) is 0.0457. The number of fused-ring (bicyclic) bond motifs is 1. The summed E-state index contributed by atoms with van der Waals surface area (Å²) in [6.45, 7) is 10.3. The lowest BCUT2D eigenvalue weighted by Gasteiger charge is -2.32. The molecule has 0 saturated carbocycles. The first-order valence-corrected chi connectivity index (χ1v) is 9.52. The molecule has 1 N–H and O–H groups in total. The number of nitrogens with zero attached hydrogens (tertiary/aromatic N) is 3. The summed E-state index contributed by atoms with van der Waals surface area (Å²) < 4.78 is 6.96. The van der Waals surface area contributed by atoms with Crippen molar-refractivity contribution in [2.24, 2.45) is 5.92 Å². The number of carbonyl (C=O) groups is 2. The molecule has 3 rings (SSSR count). The van der Waals surface area contributed by atoms with E-state index in [-0.39, 0.29) is 46.0 Å². The molecular formula is C20H26N4O4. The van der Waals surface area contributed by atoms with Crippen LogP contribution in [0.4, 0.5) is 0 Å². The predicted octanol–water partition coefficient (Wildman–Crippen LogP) is 1.86. The molecule has 8 nitrogen and oxygen atoms in total. The summed E-state index contributed by atoms with van der Waals surface area (Å²) in [6, 6.07) is 0.0491. The van der Waals surface area contributed by atoms with Crippen molar-refractivity contribution in [1.29, 1.82) is 0 Å². The molecule has 2 amide bonds. The number of allylic oxidation sites excluding steroid dienone is 1. The Morgan fingerprint density at radius 3 is 2.89 bits per heavy atom. The maximum absolute atomic E-state index is 13.2. The molecule has 150 valence electrons. The highest BCUT2D eigenvalue weighted by molar-refractivity contribution is 6.06. The molecule has 3 heterocycles. The SMILES string of the molecule is C=CCn1cnc2oc(C)c(C(=O)N3CCCC(C(=O)NC(C)C)C3)c2c1=O. The molecule has 1 fully saturated rings. The first-order chi connectivity index (χ1) is 13.3. The van der Waals surface area contributed by atoms with Gasteiger partial charge < -0.3 is 14.6 Å². The smallest absolute Gasteiger partial charge is 0.265 e. The first-order valence-electron chi connectivity index (χ1n) is 9.52. The number of amides is 2. The number of carbonyl (C=O) groups excluding carboxylic acids is 2. The van der Waals surface area contributed by atoms with Gasteiger partial charge in [0.15, 0.2) is 0 Å². The maximum atomic E-state index is 13.2. The van der Waals surface area contributed by atoms with Gasteiger partial charge in [0.2, 0.25) is 11.6 Å². The van der Waals surface area contributed by atoms with Crippen LogP contribution in [0.25, 0.3) is 11.1 Å². The molecule has 1 aliphatic heterocycles. The number of likely N-dealkylation sites (tertiary alicyclic amines) is 1. The van der Waals surface area contributed by atoms with E-state index in [1.54, 1.807) is 17.9 Å². The zero-order valence-electron chi connectivity index (χ0n) is 16.5. The second-order valence-corrected chi connectivity index (χ2v) is 7.46. The normalized spacial score (nSPS) is 17.1. The van der Waals surface area contributed by atoms with Crippen LogP contribution in [0, 0.1) is 12.8 Å². The summed E-state index contributed by atoms with van der Waals surface area (Å²) in [7, 11) is 0. The number of piperidine rings is 1. The molecule has 0 radical (unpaired) electrons. The van der Waals surface area contributed by atoms with Crippen LogP contribution >= 0.6 is 0 Å². The second kappa shape index (κ2) is 8.00. The van der Waals surface area contributed by atoms with Gasteiger partial charge in [-0.2, -0.15) is 0 Å². The number of rotatable bonds is 5. The average molecular weight is 386 g/mol. The third kappa shape index (κ3) is 3.72. The van der Waals surface area contributed by atoms with Crippen molar-refractivity contribution in [1.82, 2.24) is 19.8 Å². The van der Waals surface area contributed by atoms with Gasteiger partial charge in [-0.05, 0) is 33.6 Å². The van der Waals surface area contributed by atoms with E-state index in [2.05, 4.69) is 16.9 Å². The molecule has 0 bridgehead atoms. The number of hydrogen-bond donors (Lipinski definition) is 1. The van der Waals surface area contributed by atoms with Gasteiger partial charge in [-0.25, -0.2) is 4.98 Å². The number of aryl methyl sites for hydroxylation is 1. The van der Waals surface area contributed by atoms with E-state index in [1.807, 2.05) is 13.8 Å². The van der Waals surface area contributed by atoms with E-state index in [0.717, 1.165) is 12.8 Å². The zero-order chi connectivity index (χ0) is 20.4. The highest BCUT2D eigenvalue weighted by Crippen LogP contribution is 2.25. The highest BCUT2D eigenvalue weighted by Gasteiger charge is 2.32. The van der Waals surface area contributed by atoms with Crippen molar-refractivity contribution in [3.63, 3.8) is 0 Å². The Kier molecular flexibility index (Phi) is 5.67. The van der Waals surface area contributed by atoms with E-state index in [4.69, 9.17) is 4.42 Å². The largest absolute Gasteiger partial charge is 0.442 e. The highest BCUT2D eigenvalue weighted by atomic mass is 16.3.